The number of nitrogens with zero attached hydrogens (tertiary/aromatic N) is 4. The summed E-state index contributed by atoms with van der Waals surface area (Å²) in [6.45, 7) is 2.60. The normalized spacial score (nSPS) is 12.0. The number of hydrogen-bond acceptors (Lipinski definition) is 8. The number of carbonyl (C=O) groups is 3. The summed E-state index contributed by atoms with van der Waals surface area (Å²) in [5.74, 6) is -1.94. The number of imidazole rings is 1. The van der Waals surface area contributed by atoms with Crippen molar-refractivity contribution in [2.24, 2.45) is 0 Å². The second kappa shape index (κ2) is 11.3. The van der Waals surface area contributed by atoms with Crippen LogP contribution in [0.5, 0.6) is 0 Å². The molecule has 0 bridgehead atoms. The predicted molar refractivity (Wildman–Crippen MR) is 150 cm³/mol. The molecule has 0 radical (unpaired) electrons. The number of amides is 2. The molecule has 0 saturated carbocycles. The lowest BCUT2D eigenvalue weighted by molar-refractivity contribution is -0.144. The van der Waals surface area contributed by atoms with Gasteiger partial charge in [-0.15, -0.1) is 0 Å². The number of fused-ring (bicyclic) bond motifs is 4. The minimum absolute atomic E-state index is 0.0383. The van der Waals surface area contributed by atoms with Crippen LogP contribution in [-0.4, -0.2) is 73.7 Å². The van der Waals surface area contributed by atoms with Crippen molar-refractivity contribution in [2.75, 3.05) is 32.0 Å². The number of carboxylic acids is 1. The van der Waals surface area contributed by atoms with Crippen LogP contribution in [0.2, 0.25) is 0 Å². The summed E-state index contributed by atoms with van der Waals surface area (Å²) in [6, 6.07) is 15.9. The van der Waals surface area contributed by atoms with Crippen LogP contribution in [0.1, 0.15) is 22.9 Å². The summed E-state index contributed by atoms with van der Waals surface area (Å²) < 4.78 is 6.83. The number of rotatable bonds is 10. The van der Waals surface area contributed by atoms with Gasteiger partial charge >= 0.3 is 12.1 Å². The van der Waals surface area contributed by atoms with Gasteiger partial charge in [0.25, 0.3) is 5.56 Å². The van der Waals surface area contributed by atoms with Crippen molar-refractivity contribution in [1.29, 1.82) is 0 Å². The molecule has 0 aliphatic heterocycles. The lowest BCUT2D eigenvalue weighted by atomic mass is 9.98. The Labute approximate surface area is 233 Å². The molecule has 0 atom stereocenters. The zero-order valence-electron chi connectivity index (χ0n) is 21.9. The van der Waals surface area contributed by atoms with Gasteiger partial charge in [0.1, 0.15) is 25.5 Å². The first kappa shape index (κ1) is 27.1. The third kappa shape index (κ3) is 5.50. The van der Waals surface area contributed by atoms with Crippen molar-refractivity contribution in [3.8, 4) is 11.1 Å². The van der Waals surface area contributed by atoms with Crippen molar-refractivity contribution < 1.29 is 24.2 Å². The van der Waals surface area contributed by atoms with E-state index in [0.717, 1.165) is 27.2 Å². The van der Waals surface area contributed by atoms with Crippen LogP contribution < -0.4 is 16.6 Å². The van der Waals surface area contributed by atoms with E-state index in [2.05, 4.69) is 26.8 Å². The number of benzene rings is 2. The lowest BCUT2D eigenvalue weighted by Gasteiger charge is -2.22. The fourth-order valence-electron chi connectivity index (χ4n) is 4.99. The van der Waals surface area contributed by atoms with E-state index in [1.54, 1.807) is 0 Å². The van der Waals surface area contributed by atoms with E-state index < -0.39 is 30.1 Å². The molecule has 2 aromatic carbocycles. The second-order valence-electron chi connectivity index (χ2n) is 9.35. The molecule has 2 amide bonds. The number of aliphatic carboxylic acids is 1. The van der Waals surface area contributed by atoms with Crippen LogP contribution in [0, 0.1) is 0 Å². The van der Waals surface area contributed by atoms with Gasteiger partial charge in [0.2, 0.25) is 11.9 Å². The first-order valence-electron chi connectivity index (χ1n) is 12.7. The molecule has 4 aromatic rings. The average molecular weight is 558 g/mol. The Morgan fingerprint density at radius 2 is 1.78 bits per heavy atom. The van der Waals surface area contributed by atoms with Crippen LogP contribution in [0.25, 0.3) is 28.4 Å². The average Bonchev–Trinajstić information content (AvgIpc) is 3.46. The maximum atomic E-state index is 13.1. The van der Waals surface area contributed by atoms with E-state index in [-0.39, 0.29) is 55.1 Å². The first-order chi connectivity index (χ1) is 19.8. The maximum Gasteiger partial charge on any atom is 0.407 e. The molecule has 41 heavy (non-hydrogen) atoms. The number of alkyl carbamates (subject to hydrolysis) is 1. The number of carboxylic acid groups (broad SMARTS) is 1. The van der Waals surface area contributed by atoms with E-state index in [4.69, 9.17) is 10.5 Å². The fourth-order valence-corrected chi connectivity index (χ4v) is 4.99. The number of aromatic amines is 1. The van der Waals surface area contributed by atoms with Crippen LogP contribution in [-0.2, 0) is 20.9 Å². The summed E-state index contributed by atoms with van der Waals surface area (Å²) in [5.41, 5.74) is 9.43. The van der Waals surface area contributed by atoms with Crippen molar-refractivity contribution in [3.63, 3.8) is 0 Å². The van der Waals surface area contributed by atoms with Gasteiger partial charge in [0.15, 0.2) is 11.2 Å². The molecule has 0 spiro atoms. The highest BCUT2D eigenvalue weighted by atomic mass is 16.5. The SMILES string of the molecule is C=Cc1nc2c(=O)[nH]c(N)nc2n1CC(=O)N(CCNC(=O)OCC1c2ccccc2-c2ccccc21)CC(=O)O. The lowest BCUT2D eigenvalue weighted by Crippen LogP contribution is -2.43. The van der Waals surface area contributed by atoms with Gasteiger partial charge < -0.3 is 25.8 Å². The highest BCUT2D eigenvalue weighted by molar-refractivity contribution is 5.84. The molecule has 1 aliphatic carbocycles. The third-order valence-electron chi connectivity index (χ3n) is 6.80. The highest BCUT2D eigenvalue weighted by Crippen LogP contribution is 2.44. The molecule has 2 heterocycles. The number of hydrogen-bond donors (Lipinski definition) is 4. The molecular weight excluding hydrogens is 530 g/mol. The first-order valence-corrected chi connectivity index (χ1v) is 12.7. The Morgan fingerprint density at radius 1 is 1.12 bits per heavy atom. The smallest absolute Gasteiger partial charge is 0.407 e. The highest BCUT2D eigenvalue weighted by Gasteiger charge is 2.29. The molecule has 13 heteroatoms. The van der Waals surface area contributed by atoms with Gasteiger partial charge in [-0.05, 0) is 28.3 Å². The summed E-state index contributed by atoms with van der Waals surface area (Å²) in [5, 5.41) is 11.9. The van der Waals surface area contributed by atoms with Crippen molar-refractivity contribution in [2.45, 2.75) is 12.5 Å². The Bertz CT molecular complexity index is 1680. The Balaban J connectivity index is 1.21. The molecule has 210 valence electrons. The van der Waals surface area contributed by atoms with Gasteiger partial charge in [0.05, 0.1) is 0 Å². The molecule has 1 aliphatic rings. The van der Waals surface area contributed by atoms with E-state index in [0.29, 0.717) is 0 Å². The van der Waals surface area contributed by atoms with Gasteiger partial charge in [-0.2, -0.15) is 4.98 Å². The van der Waals surface area contributed by atoms with Gasteiger partial charge in [-0.3, -0.25) is 23.9 Å². The molecular formula is C28H27N7O6. The molecule has 5 rings (SSSR count). The topological polar surface area (TPSA) is 186 Å². The molecule has 0 fully saturated rings. The summed E-state index contributed by atoms with van der Waals surface area (Å²) in [6.07, 6.45) is 0.646. The Kier molecular flexibility index (Phi) is 7.50. The van der Waals surface area contributed by atoms with Crippen molar-refractivity contribution in [1.82, 2.24) is 29.7 Å². The van der Waals surface area contributed by atoms with Crippen LogP contribution in [0.15, 0.2) is 59.9 Å². The number of nitrogens with one attached hydrogen (secondary N) is 2. The largest absolute Gasteiger partial charge is 0.480 e. The number of aromatic nitrogens is 4. The molecule has 2 aromatic heterocycles. The van der Waals surface area contributed by atoms with E-state index in [9.17, 15) is 24.3 Å². The van der Waals surface area contributed by atoms with Crippen LogP contribution >= 0.6 is 0 Å². The van der Waals surface area contributed by atoms with E-state index in [1.165, 1.54) is 10.6 Å². The third-order valence-corrected chi connectivity index (χ3v) is 6.80. The fraction of sp³-hybridized carbons (Fsp3) is 0.214. The molecule has 0 saturated heterocycles. The van der Waals surface area contributed by atoms with E-state index >= 15 is 0 Å². The van der Waals surface area contributed by atoms with Crippen LogP contribution in [0.3, 0.4) is 0 Å². The van der Waals surface area contributed by atoms with Gasteiger partial charge in [-0.25, -0.2) is 9.78 Å². The number of nitrogen functional groups attached to an aromatic ring is 1. The summed E-state index contributed by atoms with van der Waals surface area (Å²) >= 11 is 0. The van der Waals surface area contributed by atoms with Crippen molar-refractivity contribution >= 4 is 41.2 Å². The number of ether oxygens (including phenoxy) is 1. The van der Waals surface area contributed by atoms with E-state index in [1.807, 2.05) is 48.5 Å². The predicted octanol–water partition coefficient (Wildman–Crippen LogP) is 1.80. The number of H-pyrrole nitrogens is 1. The molecule has 5 N–H and O–H groups in total. The number of anilines is 1. The zero-order valence-corrected chi connectivity index (χ0v) is 21.9. The minimum atomic E-state index is -1.24. The zero-order chi connectivity index (χ0) is 29.1. The molecule has 0 unspecified atom stereocenters. The Morgan fingerprint density at radius 3 is 2.41 bits per heavy atom. The molecule has 13 nitrogen and oxygen atoms in total. The number of carbonyl (C=O) groups excluding carboxylic acids is 2. The minimum Gasteiger partial charge on any atom is -0.480 e. The maximum absolute atomic E-state index is 13.1. The van der Waals surface area contributed by atoms with Gasteiger partial charge in [0, 0.05) is 19.0 Å². The summed E-state index contributed by atoms with van der Waals surface area (Å²) in [4.78, 5) is 60.9. The Hall–Kier alpha value is -5.46. The van der Waals surface area contributed by atoms with Crippen molar-refractivity contribution in [3.05, 3.63) is 82.4 Å². The summed E-state index contributed by atoms with van der Waals surface area (Å²) in [7, 11) is 0. The van der Waals surface area contributed by atoms with Gasteiger partial charge in [-0.1, -0.05) is 55.1 Å². The second-order valence-corrected chi connectivity index (χ2v) is 9.35. The standard InChI is InChI=1S/C28H27N7O6/c1-2-21-31-24-25(32-27(29)33-26(24)39)35(21)13-22(36)34(14-23(37)38)12-11-30-28(40)41-15-20-18-9-5-3-7-16(18)17-8-4-6-10-19(17)20/h2-10,20H,1,11-15H2,(H,30,40)(H,37,38)(H3,29,32,33,39). The van der Waals surface area contributed by atoms with Crippen LogP contribution in [0.4, 0.5) is 10.7 Å². The number of nitrogens with two attached hydrogens (primary N) is 1. The quantitative estimate of drug-likeness (QED) is 0.226. The monoisotopic (exact) mass is 557 g/mol.